The first kappa shape index (κ1) is 23.5. The van der Waals surface area contributed by atoms with Gasteiger partial charge in [0, 0.05) is 46.1 Å². The lowest BCUT2D eigenvalue weighted by Crippen LogP contribution is -2.56. The number of fused-ring (bicyclic) bond motifs is 1. The minimum atomic E-state index is -0.776. The molecule has 0 atom stereocenters. The van der Waals surface area contributed by atoms with Gasteiger partial charge in [0.25, 0.3) is 5.91 Å². The van der Waals surface area contributed by atoms with Gasteiger partial charge in [0.15, 0.2) is 0 Å². The summed E-state index contributed by atoms with van der Waals surface area (Å²) in [4.78, 5) is 37.5. The van der Waals surface area contributed by atoms with Crippen molar-refractivity contribution in [3.05, 3.63) is 78.1 Å². The first-order chi connectivity index (χ1) is 17.1. The zero-order valence-electron chi connectivity index (χ0n) is 20.2. The third kappa shape index (κ3) is 4.66. The number of nitrogens with zero attached hydrogens (tertiary/aromatic N) is 4. The first-order valence-corrected chi connectivity index (χ1v) is 12.3. The quantitative estimate of drug-likeness (QED) is 0.365. The van der Waals surface area contributed by atoms with Crippen molar-refractivity contribution in [1.29, 1.82) is 0 Å². The molecule has 182 valence electrons. The zero-order valence-corrected chi connectivity index (χ0v) is 20.2. The average molecular weight is 473 g/mol. The second kappa shape index (κ2) is 10.1. The third-order valence-corrected chi connectivity index (χ3v) is 7.30. The van der Waals surface area contributed by atoms with E-state index in [9.17, 15) is 9.59 Å². The number of amides is 3. The van der Waals surface area contributed by atoms with E-state index in [0.29, 0.717) is 39.0 Å². The molecule has 3 amide bonds. The second-order valence-electron chi connectivity index (χ2n) is 9.48. The van der Waals surface area contributed by atoms with Crippen LogP contribution in [0.25, 0.3) is 10.8 Å². The molecule has 3 aromatic rings. The number of rotatable bonds is 8. The van der Waals surface area contributed by atoms with Crippen LogP contribution in [-0.4, -0.2) is 70.5 Å². The fourth-order valence-electron chi connectivity index (χ4n) is 5.40. The van der Waals surface area contributed by atoms with Crippen molar-refractivity contribution in [2.75, 3.05) is 33.4 Å². The van der Waals surface area contributed by atoms with E-state index in [-0.39, 0.29) is 11.9 Å². The lowest BCUT2D eigenvalue weighted by molar-refractivity contribution is -0.136. The second-order valence-corrected chi connectivity index (χ2v) is 9.48. The molecule has 0 aliphatic carbocycles. The van der Waals surface area contributed by atoms with Gasteiger partial charge in [-0.2, -0.15) is 0 Å². The molecular weight excluding hydrogens is 440 g/mol. The number of likely N-dealkylation sites (tertiary alicyclic amines) is 1. The van der Waals surface area contributed by atoms with Crippen LogP contribution in [0, 0.1) is 0 Å². The van der Waals surface area contributed by atoms with E-state index < -0.39 is 5.54 Å². The van der Waals surface area contributed by atoms with E-state index in [1.165, 1.54) is 4.90 Å². The molecule has 0 unspecified atom stereocenters. The summed E-state index contributed by atoms with van der Waals surface area (Å²) in [6.45, 7) is 3.63. The van der Waals surface area contributed by atoms with Gasteiger partial charge in [0.1, 0.15) is 5.54 Å². The molecule has 0 radical (unpaired) electrons. The molecule has 0 bridgehead atoms. The summed E-state index contributed by atoms with van der Waals surface area (Å²) in [5.41, 5.74) is 1.21. The molecule has 0 N–H and O–H groups in total. The Labute approximate surface area is 206 Å². The Bertz CT molecular complexity index is 1190. The van der Waals surface area contributed by atoms with Crippen LogP contribution in [0.15, 0.2) is 66.9 Å². The predicted octanol–water partition coefficient (Wildman–Crippen LogP) is 4.07. The number of hydrogen-bond donors (Lipinski definition) is 0. The molecule has 3 heterocycles. The van der Waals surface area contributed by atoms with Crippen LogP contribution >= 0.6 is 0 Å². The molecule has 1 aromatic heterocycles. The Balaban J connectivity index is 1.35. The largest absolute Gasteiger partial charge is 0.385 e. The van der Waals surface area contributed by atoms with Crippen molar-refractivity contribution in [3.8, 4) is 0 Å². The van der Waals surface area contributed by atoms with Gasteiger partial charge in [0.05, 0.1) is 12.2 Å². The number of hydrogen-bond acceptors (Lipinski definition) is 5. The van der Waals surface area contributed by atoms with Gasteiger partial charge in [-0.25, -0.2) is 4.79 Å². The van der Waals surface area contributed by atoms with E-state index in [1.54, 1.807) is 7.11 Å². The van der Waals surface area contributed by atoms with Crippen molar-refractivity contribution in [3.63, 3.8) is 0 Å². The first-order valence-electron chi connectivity index (χ1n) is 12.3. The van der Waals surface area contributed by atoms with Crippen LogP contribution in [0.3, 0.4) is 0 Å². The molecule has 2 fully saturated rings. The number of benzene rings is 2. The number of piperidine rings is 1. The topological polar surface area (TPSA) is 66.0 Å². The lowest BCUT2D eigenvalue weighted by atomic mass is 9.85. The number of ether oxygens (including phenoxy) is 1. The molecule has 5 rings (SSSR count). The minimum Gasteiger partial charge on any atom is -0.385 e. The van der Waals surface area contributed by atoms with Gasteiger partial charge < -0.3 is 9.64 Å². The van der Waals surface area contributed by atoms with Crippen LogP contribution < -0.4 is 0 Å². The summed E-state index contributed by atoms with van der Waals surface area (Å²) in [7, 11) is 1.66. The molecular formula is C28H32N4O3. The van der Waals surface area contributed by atoms with Gasteiger partial charge in [-0.15, -0.1) is 0 Å². The number of carbonyl (C=O) groups excluding carboxylic acids is 2. The number of imide groups is 1. The highest BCUT2D eigenvalue weighted by Gasteiger charge is 2.57. The van der Waals surface area contributed by atoms with E-state index in [0.717, 1.165) is 41.7 Å². The van der Waals surface area contributed by atoms with E-state index in [4.69, 9.17) is 4.74 Å². The average Bonchev–Trinajstić information content (AvgIpc) is 3.07. The maximum Gasteiger partial charge on any atom is 0.327 e. The molecule has 2 aromatic carbocycles. The minimum absolute atomic E-state index is 0.0643. The molecule has 7 nitrogen and oxygen atoms in total. The highest BCUT2D eigenvalue weighted by molar-refractivity contribution is 6.07. The number of urea groups is 1. The molecule has 7 heteroatoms. The summed E-state index contributed by atoms with van der Waals surface area (Å²) >= 11 is 0. The SMILES string of the molecule is COCCCN1C(=O)N(Cc2ccc3ccccc3c2)C(=O)C12CCN(Cc1ccccn1)CC2. The Kier molecular flexibility index (Phi) is 6.79. The normalized spacial score (nSPS) is 18.2. The van der Waals surface area contributed by atoms with Gasteiger partial charge in [-0.1, -0.05) is 42.5 Å². The summed E-state index contributed by atoms with van der Waals surface area (Å²) in [5, 5.41) is 2.26. The van der Waals surface area contributed by atoms with Crippen molar-refractivity contribution >= 4 is 22.7 Å². The van der Waals surface area contributed by atoms with Crippen LogP contribution in [0.4, 0.5) is 4.79 Å². The Morgan fingerprint density at radius 3 is 2.46 bits per heavy atom. The van der Waals surface area contributed by atoms with Crippen molar-refractivity contribution < 1.29 is 14.3 Å². The van der Waals surface area contributed by atoms with E-state index in [1.807, 2.05) is 47.5 Å². The molecule has 2 aliphatic rings. The van der Waals surface area contributed by atoms with Gasteiger partial charge in [0.2, 0.25) is 0 Å². The lowest BCUT2D eigenvalue weighted by Gasteiger charge is -2.42. The summed E-state index contributed by atoms with van der Waals surface area (Å²) < 4.78 is 5.23. The molecule has 2 saturated heterocycles. The smallest absolute Gasteiger partial charge is 0.327 e. The predicted molar refractivity (Wildman–Crippen MR) is 135 cm³/mol. The van der Waals surface area contributed by atoms with Gasteiger partial charge in [-0.05, 0) is 53.8 Å². The van der Waals surface area contributed by atoms with Crippen LogP contribution in [0.1, 0.15) is 30.5 Å². The highest BCUT2D eigenvalue weighted by Crippen LogP contribution is 2.38. The van der Waals surface area contributed by atoms with Crippen molar-refractivity contribution in [2.24, 2.45) is 0 Å². The van der Waals surface area contributed by atoms with Crippen LogP contribution in [0.5, 0.6) is 0 Å². The molecule has 35 heavy (non-hydrogen) atoms. The summed E-state index contributed by atoms with van der Waals surface area (Å²) in [5.74, 6) is -0.0643. The number of pyridine rings is 1. The fraction of sp³-hybridized carbons (Fsp3) is 0.393. The number of carbonyl (C=O) groups is 2. The summed E-state index contributed by atoms with van der Waals surface area (Å²) in [6, 6.07) is 20.0. The molecule has 0 saturated carbocycles. The van der Waals surface area contributed by atoms with E-state index >= 15 is 0 Å². The van der Waals surface area contributed by atoms with Crippen molar-refractivity contribution in [2.45, 2.75) is 37.9 Å². The van der Waals surface area contributed by atoms with Crippen LogP contribution in [0.2, 0.25) is 0 Å². The van der Waals surface area contributed by atoms with Gasteiger partial charge in [-0.3, -0.25) is 19.6 Å². The Hall–Kier alpha value is -3.29. The zero-order chi connectivity index (χ0) is 24.3. The van der Waals surface area contributed by atoms with Crippen LogP contribution in [-0.2, 0) is 22.6 Å². The third-order valence-electron chi connectivity index (χ3n) is 7.30. The summed E-state index contributed by atoms with van der Waals surface area (Å²) in [6.07, 6.45) is 3.78. The maximum atomic E-state index is 13.9. The van der Waals surface area contributed by atoms with Crippen molar-refractivity contribution in [1.82, 2.24) is 19.7 Å². The molecule has 1 spiro atoms. The number of aromatic nitrogens is 1. The van der Waals surface area contributed by atoms with E-state index in [2.05, 4.69) is 34.1 Å². The Morgan fingerprint density at radius 2 is 1.71 bits per heavy atom. The number of methoxy groups -OCH3 is 1. The van der Waals surface area contributed by atoms with Gasteiger partial charge >= 0.3 is 6.03 Å². The maximum absolute atomic E-state index is 13.9. The monoisotopic (exact) mass is 472 g/mol. The highest BCUT2D eigenvalue weighted by atomic mass is 16.5. The standard InChI is InChI=1S/C28H32N4O3/c1-35-18-6-15-32-27(34)31(20-22-10-11-23-7-2-3-8-24(23)19-22)26(33)28(32)12-16-30(17-13-28)21-25-9-4-5-14-29-25/h2-5,7-11,14,19H,6,12-13,15-18,20-21H2,1H3. The Morgan fingerprint density at radius 1 is 0.943 bits per heavy atom. The molecule has 2 aliphatic heterocycles. The fourth-order valence-corrected chi connectivity index (χ4v) is 5.40.